The maximum absolute atomic E-state index is 11.8. The Balaban J connectivity index is 1.92. The first-order valence-electron chi connectivity index (χ1n) is 6.69. The molecule has 100 valence electrons. The second-order valence-corrected chi connectivity index (χ2v) is 4.76. The fourth-order valence-corrected chi connectivity index (χ4v) is 2.60. The number of imidazole rings is 1. The summed E-state index contributed by atoms with van der Waals surface area (Å²) < 4.78 is 2.20. The highest BCUT2D eigenvalue weighted by molar-refractivity contribution is 5.78. The van der Waals surface area contributed by atoms with Crippen LogP contribution >= 0.6 is 0 Å². The maximum atomic E-state index is 11.8. The van der Waals surface area contributed by atoms with Crippen molar-refractivity contribution in [2.75, 3.05) is 26.7 Å². The van der Waals surface area contributed by atoms with Gasteiger partial charge in [0.25, 0.3) is 0 Å². The molecule has 1 amide bonds. The zero-order chi connectivity index (χ0) is 13.0. The van der Waals surface area contributed by atoms with Crippen molar-refractivity contribution in [2.24, 2.45) is 0 Å². The van der Waals surface area contributed by atoms with E-state index in [1.165, 1.54) is 5.82 Å². The number of hydrogen-bond donors (Lipinski definition) is 1. The molecule has 5 heteroatoms. The van der Waals surface area contributed by atoms with Gasteiger partial charge in [-0.15, -0.1) is 0 Å². The van der Waals surface area contributed by atoms with Crippen molar-refractivity contribution >= 4 is 5.91 Å². The molecule has 0 saturated carbocycles. The molecule has 0 unspecified atom stereocenters. The van der Waals surface area contributed by atoms with Gasteiger partial charge in [-0.3, -0.25) is 4.79 Å². The van der Waals surface area contributed by atoms with Crippen LogP contribution in [0.5, 0.6) is 0 Å². The smallest absolute Gasteiger partial charge is 0.236 e. The normalized spacial score (nSPS) is 17.1. The van der Waals surface area contributed by atoms with Gasteiger partial charge < -0.3 is 14.8 Å². The fraction of sp³-hybridized carbons (Fsp3) is 0.692. The van der Waals surface area contributed by atoms with Gasteiger partial charge in [-0.25, -0.2) is 4.98 Å². The lowest BCUT2D eigenvalue weighted by Crippen LogP contribution is -2.42. The number of hydrogen-bond acceptors (Lipinski definition) is 3. The summed E-state index contributed by atoms with van der Waals surface area (Å²) in [5.41, 5.74) is 0. The van der Waals surface area contributed by atoms with Crippen LogP contribution in [0.25, 0.3) is 0 Å². The number of carbonyl (C=O) groups is 1. The molecule has 1 N–H and O–H groups in total. The van der Waals surface area contributed by atoms with Crippen LogP contribution < -0.4 is 5.32 Å². The van der Waals surface area contributed by atoms with Crippen molar-refractivity contribution < 1.29 is 4.79 Å². The molecule has 1 aliphatic heterocycles. The first kappa shape index (κ1) is 13.1. The number of likely N-dealkylation sites (tertiary alicyclic amines) is 1. The van der Waals surface area contributed by atoms with Crippen LogP contribution in [0, 0.1) is 0 Å². The van der Waals surface area contributed by atoms with Crippen LogP contribution in [0.1, 0.15) is 31.5 Å². The van der Waals surface area contributed by atoms with Crippen molar-refractivity contribution in [3.05, 3.63) is 18.2 Å². The number of nitrogens with one attached hydrogen (secondary N) is 1. The molecule has 1 aliphatic rings. The summed E-state index contributed by atoms with van der Waals surface area (Å²) in [7, 11) is 1.81. The molecule has 0 bridgehead atoms. The SMILES string of the molecule is CCn1ccnc1C1CCN(C(=O)CNC)CC1. The van der Waals surface area contributed by atoms with Gasteiger partial charge in [0.2, 0.25) is 5.91 Å². The van der Waals surface area contributed by atoms with Gasteiger partial charge in [0.05, 0.1) is 6.54 Å². The van der Waals surface area contributed by atoms with Crippen molar-refractivity contribution in [2.45, 2.75) is 32.2 Å². The van der Waals surface area contributed by atoms with Crippen molar-refractivity contribution in [1.29, 1.82) is 0 Å². The van der Waals surface area contributed by atoms with Crippen LogP contribution in [0.2, 0.25) is 0 Å². The topological polar surface area (TPSA) is 50.2 Å². The highest BCUT2D eigenvalue weighted by atomic mass is 16.2. The third kappa shape index (κ3) is 2.72. The lowest BCUT2D eigenvalue weighted by atomic mass is 9.96. The molecule has 2 heterocycles. The van der Waals surface area contributed by atoms with E-state index < -0.39 is 0 Å². The number of likely N-dealkylation sites (N-methyl/N-ethyl adjacent to an activating group) is 1. The average molecular weight is 250 g/mol. The third-order valence-electron chi connectivity index (χ3n) is 3.63. The summed E-state index contributed by atoms with van der Waals surface area (Å²) in [4.78, 5) is 18.2. The number of piperidine rings is 1. The molecule has 2 rings (SSSR count). The summed E-state index contributed by atoms with van der Waals surface area (Å²) in [5.74, 6) is 1.88. The highest BCUT2D eigenvalue weighted by Gasteiger charge is 2.25. The predicted octanol–water partition coefficient (Wildman–Crippen LogP) is 0.828. The molecule has 1 aromatic heterocycles. The predicted molar refractivity (Wildman–Crippen MR) is 70.4 cm³/mol. The number of carbonyl (C=O) groups excluding carboxylic acids is 1. The van der Waals surface area contributed by atoms with Gasteiger partial charge in [0.1, 0.15) is 5.82 Å². The van der Waals surface area contributed by atoms with Crippen LogP contribution in [0.3, 0.4) is 0 Å². The van der Waals surface area contributed by atoms with Crippen molar-refractivity contribution in [3.8, 4) is 0 Å². The van der Waals surface area contributed by atoms with E-state index in [4.69, 9.17) is 0 Å². The summed E-state index contributed by atoms with van der Waals surface area (Å²) in [6, 6.07) is 0. The molecule has 1 fully saturated rings. The van der Waals surface area contributed by atoms with E-state index in [2.05, 4.69) is 21.8 Å². The Bertz CT molecular complexity index is 393. The Hall–Kier alpha value is -1.36. The number of nitrogens with zero attached hydrogens (tertiary/aromatic N) is 3. The molecular weight excluding hydrogens is 228 g/mol. The Labute approximate surface area is 108 Å². The lowest BCUT2D eigenvalue weighted by Gasteiger charge is -2.31. The summed E-state index contributed by atoms with van der Waals surface area (Å²) in [5, 5.41) is 2.91. The molecule has 1 aromatic rings. The minimum Gasteiger partial charge on any atom is -0.342 e. The lowest BCUT2D eigenvalue weighted by molar-refractivity contribution is -0.131. The Kier molecular flexibility index (Phi) is 4.36. The van der Waals surface area contributed by atoms with Crippen LogP contribution in [-0.2, 0) is 11.3 Å². The van der Waals surface area contributed by atoms with E-state index in [1.807, 2.05) is 24.3 Å². The van der Waals surface area contributed by atoms with Gasteiger partial charge in [-0.1, -0.05) is 0 Å². The maximum Gasteiger partial charge on any atom is 0.236 e. The van der Waals surface area contributed by atoms with Gasteiger partial charge in [0.15, 0.2) is 0 Å². The average Bonchev–Trinajstić information content (AvgIpc) is 2.87. The molecule has 5 nitrogen and oxygen atoms in total. The zero-order valence-electron chi connectivity index (χ0n) is 11.2. The molecule has 1 saturated heterocycles. The molecule has 0 aromatic carbocycles. The number of amides is 1. The Morgan fingerprint density at radius 2 is 2.22 bits per heavy atom. The molecular formula is C13H22N4O. The monoisotopic (exact) mass is 250 g/mol. The van der Waals surface area contributed by atoms with Gasteiger partial charge in [-0.05, 0) is 26.8 Å². The molecule has 0 spiro atoms. The summed E-state index contributed by atoms with van der Waals surface area (Å²) in [6.07, 6.45) is 5.95. The minimum atomic E-state index is 0.204. The number of aromatic nitrogens is 2. The van der Waals surface area contributed by atoms with Gasteiger partial charge in [-0.2, -0.15) is 0 Å². The highest BCUT2D eigenvalue weighted by Crippen LogP contribution is 2.26. The largest absolute Gasteiger partial charge is 0.342 e. The van der Waals surface area contributed by atoms with E-state index in [9.17, 15) is 4.79 Å². The van der Waals surface area contributed by atoms with Gasteiger partial charge >= 0.3 is 0 Å². The van der Waals surface area contributed by atoms with Crippen molar-refractivity contribution in [3.63, 3.8) is 0 Å². The molecule has 18 heavy (non-hydrogen) atoms. The van der Waals surface area contributed by atoms with Gasteiger partial charge in [0, 0.05) is 37.9 Å². The van der Waals surface area contributed by atoms with E-state index in [0.717, 1.165) is 32.5 Å². The first-order chi connectivity index (χ1) is 8.76. The van der Waals surface area contributed by atoms with E-state index in [-0.39, 0.29) is 5.91 Å². The zero-order valence-corrected chi connectivity index (χ0v) is 11.2. The molecule has 0 radical (unpaired) electrons. The fourth-order valence-electron chi connectivity index (χ4n) is 2.60. The molecule has 0 aliphatic carbocycles. The van der Waals surface area contributed by atoms with Crippen LogP contribution in [0.4, 0.5) is 0 Å². The number of aryl methyl sites for hydroxylation is 1. The standard InChI is InChI=1S/C13H22N4O/c1-3-16-9-6-15-13(16)11-4-7-17(8-5-11)12(18)10-14-2/h6,9,11,14H,3-5,7-8,10H2,1-2H3. The minimum absolute atomic E-state index is 0.204. The number of rotatable bonds is 4. The Morgan fingerprint density at radius 3 is 2.83 bits per heavy atom. The van der Waals surface area contributed by atoms with Crippen molar-refractivity contribution in [1.82, 2.24) is 19.8 Å². The summed E-state index contributed by atoms with van der Waals surface area (Å²) in [6.45, 7) is 5.24. The first-order valence-corrected chi connectivity index (χ1v) is 6.69. The Morgan fingerprint density at radius 1 is 1.50 bits per heavy atom. The van der Waals surface area contributed by atoms with E-state index in [1.54, 1.807) is 0 Å². The van der Waals surface area contributed by atoms with E-state index in [0.29, 0.717) is 12.5 Å². The third-order valence-corrected chi connectivity index (χ3v) is 3.63. The van der Waals surface area contributed by atoms with Crippen LogP contribution in [-0.4, -0.2) is 47.0 Å². The summed E-state index contributed by atoms with van der Waals surface area (Å²) >= 11 is 0. The second-order valence-electron chi connectivity index (χ2n) is 4.76. The van der Waals surface area contributed by atoms with Crippen LogP contribution in [0.15, 0.2) is 12.4 Å². The second kappa shape index (κ2) is 6.00. The van der Waals surface area contributed by atoms with E-state index >= 15 is 0 Å². The molecule has 0 atom stereocenters. The quantitative estimate of drug-likeness (QED) is 0.861.